The van der Waals surface area contributed by atoms with Crippen LogP contribution in [0, 0.1) is 0 Å². The van der Waals surface area contributed by atoms with Gasteiger partial charge in [0, 0.05) is 5.56 Å². The Balaban J connectivity index is 1.95. The predicted octanol–water partition coefficient (Wildman–Crippen LogP) is 2.86. The molecule has 2 aliphatic rings. The van der Waals surface area contributed by atoms with E-state index in [9.17, 15) is 4.79 Å². The van der Waals surface area contributed by atoms with Crippen LogP contribution in [-0.2, 0) is 11.2 Å². The van der Waals surface area contributed by atoms with E-state index in [0.717, 1.165) is 24.1 Å². The summed E-state index contributed by atoms with van der Waals surface area (Å²) in [6.07, 6.45) is 6.95. The first-order valence-electron chi connectivity index (χ1n) is 6.77. The summed E-state index contributed by atoms with van der Waals surface area (Å²) in [5.41, 5.74) is 5.57. The number of fused-ring (bicyclic) bond motifs is 1. The molecule has 0 bridgehead atoms. The van der Waals surface area contributed by atoms with Crippen molar-refractivity contribution in [2.45, 2.75) is 45.4 Å². The van der Waals surface area contributed by atoms with Gasteiger partial charge in [-0.05, 0) is 51.0 Å². The third-order valence-corrected chi connectivity index (χ3v) is 3.89. The summed E-state index contributed by atoms with van der Waals surface area (Å²) in [6.45, 7) is 2.22. The van der Waals surface area contributed by atoms with E-state index in [4.69, 9.17) is 4.74 Å². The van der Waals surface area contributed by atoms with Crippen LogP contribution >= 0.6 is 0 Å². The Morgan fingerprint density at radius 1 is 1.28 bits per heavy atom. The van der Waals surface area contributed by atoms with Gasteiger partial charge in [0.05, 0.1) is 12.3 Å². The van der Waals surface area contributed by atoms with Gasteiger partial charge in [-0.1, -0.05) is 5.57 Å². The molecule has 0 atom stereocenters. The molecule has 1 fully saturated rings. The maximum absolute atomic E-state index is 11.8. The molecule has 0 saturated heterocycles. The molecule has 1 saturated carbocycles. The highest BCUT2D eigenvalue weighted by molar-refractivity contribution is 5.91. The van der Waals surface area contributed by atoms with Crippen molar-refractivity contribution in [1.29, 1.82) is 0 Å². The summed E-state index contributed by atoms with van der Waals surface area (Å²) in [4.78, 5) is 11.8. The van der Waals surface area contributed by atoms with Crippen LogP contribution < -0.4 is 0 Å². The quantitative estimate of drug-likeness (QED) is 0.816. The van der Waals surface area contributed by atoms with E-state index in [1.165, 1.54) is 31.3 Å². The molecule has 0 unspecified atom stereocenters. The number of allylic oxidation sites excluding steroid dienone is 2. The second kappa shape index (κ2) is 4.59. The van der Waals surface area contributed by atoms with E-state index >= 15 is 0 Å². The summed E-state index contributed by atoms with van der Waals surface area (Å²) < 4.78 is 5.05. The molecule has 3 rings (SSSR count). The van der Waals surface area contributed by atoms with Crippen molar-refractivity contribution in [3.8, 4) is 0 Å². The van der Waals surface area contributed by atoms with Gasteiger partial charge in [0.15, 0.2) is 0 Å². The topological polar surface area (TPSA) is 55.0 Å². The van der Waals surface area contributed by atoms with E-state index in [1.54, 1.807) is 5.57 Å². The number of ether oxygens (including phenoxy) is 1. The van der Waals surface area contributed by atoms with Gasteiger partial charge in [0.2, 0.25) is 0 Å². The zero-order valence-corrected chi connectivity index (χ0v) is 10.7. The molecular weight excluding hydrogens is 228 g/mol. The summed E-state index contributed by atoms with van der Waals surface area (Å²) in [5, 5.41) is 7.20. The van der Waals surface area contributed by atoms with Crippen LogP contribution in [0.25, 0.3) is 5.57 Å². The smallest absolute Gasteiger partial charge is 0.356 e. The van der Waals surface area contributed by atoms with E-state index in [-0.39, 0.29) is 5.97 Å². The van der Waals surface area contributed by atoms with Crippen LogP contribution in [0.15, 0.2) is 5.57 Å². The molecule has 1 heterocycles. The summed E-state index contributed by atoms with van der Waals surface area (Å²) in [7, 11) is 0. The van der Waals surface area contributed by atoms with Gasteiger partial charge >= 0.3 is 5.97 Å². The van der Waals surface area contributed by atoms with Crippen molar-refractivity contribution >= 4 is 11.5 Å². The zero-order valence-electron chi connectivity index (χ0n) is 10.7. The highest BCUT2D eigenvalue weighted by Gasteiger charge is 2.29. The van der Waals surface area contributed by atoms with Crippen molar-refractivity contribution in [2.24, 2.45) is 0 Å². The first-order chi connectivity index (χ1) is 8.81. The monoisotopic (exact) mass is 246 g/mol. The molecule has 0 spiro atoms. The number of H-pyrrole nitrogens is 1. The predicted molar refractivity (Wildman–Crippen MR) is 68.3 cm³/mol. The van der Waals surface area contributed by atoms with Crippen molar-refractivity contribution in [3.05, 3.63) is 22.5 Å². The van der Waals surface area contributed by atoms with Crippen LogP contribution in [0.3, 0.4) is 0 Å². The SMILES string of the molecule is CCOC(=O)c1[nH]nc2c1CCC2=C1CCCC1. The summed E-state index contributed by atoms with van der Waals surface area (Å²) >= 11 is 0. The Hall–Kier alpha value is -1.58. The molecule has 4 heteroatoms. The van der Waals surface area contributed by atoms with Gasteiger partial charge in [-0.3, -0.25) is 5.10 Å². The average Bonchev–Trinajstić information content (AvgIpc) is 3.05. The number of esters is 1. The average molecular weight is 246 g/mol. The van der Waals surface area contributed by atoms with Crippen molar-refractivity contribution in [3.63, 3.8) is 0 Å². The molecule has 0 aromatic carbocycles. The Morgan fingerprint density at radius 2 is 2.06 bits per heavy atom. The standard InChI is InChI=1S/C14H18N2O2/c1-2-18-14(17)13-11-8-7-10(12(11)15-16-13)9-5-3-4-6-9/h2-8H2,1H3,(H,15,16). The van der Waals surface area contributed by atoms with E-state index in [0.29, 0.717) is 12.3 Å². The molecular formula is C14H18N2O2. The van der Waals surface area contributed by atoms with Crippen molar-refractivity contribution in [2.75, 3.05) is 6.61 Å². The Morgan fingerprint density at radius 3 is 2.78 bits per heavy atom. The molecule has 96 valence electrons. The second-order valence-corrected chi connectivity index (χ2v) is 4.94. The minimum absolute atomic E-state index is 0.274. The van der Waals surface area contributed by atoms with E-state index in [2.05, 4.69) is 10.2 Å². The van der Waals surface area contributed by atoms with Crippen LogP contribution in [0.1, 0.15) is 60.8 Å². The van der Waals surface area contributed by atoms with Crippen molar-refractivity contribution < 1.29 is 9.53 Å². The third kappa shape index (κ3) is 1.76. The van der Waals surface area contributed by atoms with E-state index in [1.807, 2.05) is 6.92 Å². The van der Waals surface area contributed by atoms with Crippen LogP contribution in [0.5, 0.6) is 0 Å². The maximum Gasteiger partial charge on any atom is 0.356 e. The molecule has 18 heavy (non-hydrogen) atoms. The highest BCUT2D eigenvalue weighted by atomic mass is 16.5. The molecule has 0 aliphatic heterocycles. The highest BCUT2D eigenvalue weighted by Crippen LogP contribution is 2.40. The molecule has 1 aromatic heterocycles. The van der Waals surface area contributed by atoms with Crippen LogP contribution in [0.2, 0.25) is 0 Å². The third-order valence-electron chi connectivity index (χ3n) is 3.89. The molecule has 1 aromatic rings. The number of hydrogen-bond donors (Lipinski definition) is 1. The summed E-state index contributed by atoms with van der Waals surface area (Å²) in [6, 6.07) is 0. The Bertz CT molecular complexity index is 506. The molecule has 4 nitrogen and oxygen atoms in total. The van der Waals surface area contributed by atoms with Gasteiger partial charge in [0.25, 0.3) is 0 Å². The molecule has 1 N–H and O–H groups in total. The van der Waals surface area contributed by atoms with Gasteiger partial charge in [-0.15, -0.1) is 0 Å². The lowest BCUT2D eigenvalue weighted by molar-refractivity contribution is 0.0518. The number of nitrogens with one attached hydrogen (secondary N) is 1. The molecule has 2 aliphatic carbocycles. The van der Waals surface area contributed by atoms with E-state index < -0.39 is 0 Å². The Kier molecular flexibility index (Phi) is 2.94. The minimum Gasteiger partial charge on any atom is -0.461 e. The van der Waals surface area contributed by atoms with Crippen molar-refractivity contribution in [1.82, 2.24) is 10.2 Å². The fourth-order valence-corrected chi connectivity index (χ4v) is 3.05. The number of hydrogen-bond acceptors (Lipinski definition) is 3. The number of aromatic amines is 1. The fourth-order valence-electron chi connectivity index (χ4n) is 3.05. The van der Waals surface area contributed by atoms with Gasteiger partial charge < -0.3 is 4.74 Å². The first-order valence-corrected chi connectivity index (χ1v) is 6.77. The number of carbonyl (C=O) groups is 1. The number of rotatable bonds is 2. The fraction of sp³-hybridized carbons (Fsp3) is 0.571. The largest absolute Gasteiger partial charge is 0.461 e. The lowest BCUT2D eigenvalue weighted by Crippen LogP contribution is -2.07. The molecule has 0 amide bonds. The Labute approximate surface area is 106 Å². The van der Waals surface area contributed by atoms with Crippen LogP contribution in [-0.4, -0.2) is 22.8 Å². The lowest BCUT2D eigenvalue weighted by Gasteiger charge is -2.01. The van der Waals surface area contributed by atoms with Gasteiger partial charge in [-0.2, -0.15) is 5.10 Å². The molecule has 0 radical (unpaired) electrons. The van der Waals surface area contributed by atoms with Crippen LogP contribution in [0.4, 0.5) is 0 Å². The number of aromatic nitrogens is 2. The first kappa shape index (κ1) is 11.5. The van der Waals surface area contributed by atoms with Gasteiger partial charge in [-0.25, -0.2) is 4.79 Å². The number of nitrogens with zero attached hydrogens (tertiary/aromatic N) is 1. The zero-order chi connectivity index (χ0) is 12.5. The second-order valence-electron chi connectivity index (χ2n) is 4.94. The van der Waals surface area contributed by atoms with Gasteiger partial charge in [0.1, 0.15) is 5.69 Å². The number of carbonyl (C=O) groups excluding carboxylic acids is 1. The minimum atomic E-state index is -0.274. The normalized spacial score (nSPS) is 18.3. The maximum atomic E-state index is 11.8. The summed E-state index contributed by atoms with van der Waals surface area (Å²) in [5.74, 6) is -0.274. The lowest BCUT2D eigenvalue weighted by atomic mass is 10.1.